The summed E-state index contributed by atoms with van der Waals surface area (Å²) in [5.74, 6) is -0.148. The molecule has 0 unspecified atom stereocenters. The van der Waals surface area contributed by atoms with Crippen LogP contribution >= 0.6 is 0 Å². The number of nitrogens with zero attached hydrogens (tertiary/aromatic N) is 1. The number of halogens is 1. The van der Waals surface area contributed by atoms with Gasteiger partial charge in [-0.3, -0.25) is 4.99 Å². The zero-order valence-electron chi connectivity index (χ0n) is 8.03. The highest BCUT2D eigenvalue weighted by atomic mass is 19.1. The van der Waals surface area contributed by atoms with E-state index in [4.69, 9.17) is 10.5 Å². The van der Waals surface area contributed by atoms with E-state index < -0.39 is 0 Å². The van der Waals surface area contributed by atoms with Crippen molar-refractivity contribution >= 4 is 6.21 Å². The van der Waals surface area contributed by atoms with Gasteiger partial charge in [0.2, 0.25) is 0 Å². The summed E-state index contributed by atoms with van der Waals surface area (Å²) < 4.78 is 17.8. The quantitative estimate of drug-likeness (QED) is 0.736. The molecular weight excluding hydrogens is 183 g/mol. The molecule has 0 aromatic heterocycles. The van der Waals surface area contributed by atoms with Crippen molar-refractivity contribution in [3.63, 3.8) is 0 Å². The summed E-state index contributed by atoms with van der Waals surface area (Å²) >= 11 is 0. The summed E-state index contributed by atoms with van der Waals surface area (Å²) in [6.07, 6.45) is 1.65. The maximum absolute atomic E-state index is 13.0. The molecule has 0 spiro atoms. The lowest BCUT2D eigenvalue weighted by atomic mass is 10.2. The van der Waals surface area contributed by atoms with Crippen LogP contribution in [0.1, 0.15) is 5.56 Å². The monoisotopic (exact) mass is 196 g/mol. The second-order valence-electron chi connectivity index (χ2n) is 2.72. The molecule has 0 aliphatic carbocycles. The van der Waals surface area contributed by atoms with Crippen LogP contribution in [0.2, 0.25) is 0 Å². The Kier molecular flexibility index (Phi) is 4.07. The molecule has 2 N–H and O–H groups in total. The zero-order valence-corrected chi connectivity index (χ0v) is 8.03. The second kappa shape index (κ2) is 5.34. The minimum absolute atomic E-state index is 0.224. The number of hydrogen-bond donors (Lipinski definition) is 1. The molecule has 0 heterocycles. The summed E-state index contributed by atoms with van der Waals surface area (Å²) in [5.41, 5.74) is 6.08. The highest BCUT2D eigenvalue weighted by Gasteiger charge is 2.01. The topological polar surface area (TPSA) is 47.6 Å². The highest BCUT2D eigenvalue weighted by molar-refractivity contribution is 5.80. The van der Waals surface area contributed by atoms with Crippen molar-refractivity contribution in [2.24, 2.45) is 10.7 Å². The van der Waals surface area contributed by atoms with E-state index in [1.54, 1.807) is 18.3 Å². The Balaban J connectivity index is 2.79. The van der Waals surface area contributed by atoms with E-state index in [1.807, 2.05) is 0 Å². The molecular formula is C10H13FN2O. The van der Waals surface area contributed by atoms with E-state index in [2.05, 4.69) is 4.99 Å². The van der Waals surface area contributed by atoms with Gasteiger partial charge in [-0.1, -0.05) is 6.07 Å². The Morgan fingerprint density at radius 2 is 2.36 bits per heavy atom. The number of methoxy groups -OCH3 is 1. The van der Waals surface area contributed by atoms with Gasteiger partial charge in [0.05, 0.1) is 13.7 Å². The number of ether oxygens (including phenoxy) is 1. The van der Waals surface area contributed by atoms with Gasteiger partial charge in [0.1, 0.15) is 0 Å². The van der Waals surface area contributed by atoms with Crippen LogP contribution in [-0.4, -0.2) is 26.4 Å². The zero-order chi connectivity index (χ0) is 10.4. The van der Waals surface area contributed by atoms with Gasteiger partial charge in [-0.15, -0.1) is 0 Å². The summed E-state index contributed by atoms with van der Waals surface area (Å²) in [7, 11) is 1.43. The van der Waals surface area contributed by atoms with Crippen molar-refractivity contribution in [1.82, 2.24) is 0 Å². The minimum Gasteiger partial charge on any atom is -0.494 e. The molecule has 1 rings (SSSR count). The Labute approximate surface area is 82.4 Å². The lowest BCUT2D eigenvalue weighted by Crippen LogP contribution is -2.02. The molecule has 0 aliphatic heterocycles. The van der Waals surface area contributed by atoms with E-state index in [0.29, 0.717) is 13.1 Å². The Morgan fingerprint density at radius 1 is 1.57 bits per heavy atom. The number of nitrogens with two attached hydrogens (primary N) is 1. The number of rotatable bonds is 4. The van der Waals surface area contributed by atoms with Gasteiger partial charge in [-0.25, -0.2) is 4.39 Å². The highest BCUT2D eigenvalue weighted by Crippen LogP contribution is 2.16. The van der Waals surface area contributed by atoms with Crippen LogP contribution in [-0.2, 0) is 0 Å². The Morgan fingerprint density at radius 3 is 3.00 bits per heavy atom. The van der Waals surface area contributed by atoms with E-state index >= 15 is 0 Å². The first-order valence-electron chi connectivity index (χ1n) is 4.31. The molecule has 0 saturated carbocycles. The SMILES string of the molecule is COc1cc(C=NCCN)ccc1F. The molecule has 0 saturated heterocycles. The normalized spacial score (nSPS) is 10.8. The first-order chi connectivity index (χ1) is 6.77. The first kappa shape index (κ1) is 10.7. The summed E-state index contributed by atoms with van der Waals surface area (Å²) in [5, 5.41) is 0. The Bertz CT molecular complexity index is 326. The molecule has 1 aromatic rings. The lowest BCUT2D eigenvalue weighted by molar-refractivity contribution is 0.386. The third-order valence-electron chi connectivity index (χ3n) is 1.67. The van der Waals surface area contributed by atoms with Crippen LogP contribution in [0.25, 0.3) is 0 Å². The van der Waals surface area contributed by atoms with Gasteiger partial charge in [-0.2, -0.15) is 0 Å². The third-order valence-corrected chi connectivity index (χ3v) is 1.67. The molecule has 0 bridgehead atoms. The molecule has 0 aliphatic rings. The van der Waals surface area contributed by atoms with Gasteiger partial charge < -0.3 is 10.5 Å². The molecule has 76 valence electrons. The smallest absolute Gasteiger partial charge is 0.165 e. The van der Waals surface area contributed by atoms with E-state index in [0.717, 1.165) is 5.56 Å². The number of hydrogen-bond acceptors (Lipinski definition) is 3. The summed E-state index contributed by atoms with van der Waals surface area (Å²) in [4.78, 5) is 4.04. The maximum Gasteiger partial charge on any atom is 0.165 e. The van der Waals surface area contributed by atoms with Gasteiger partial charge in [0.15, 0.2) is 11.6 Å². The maximum atomic E-state index is 13.0. The molecule has 0 atom stereocenters. The Hall–Kier alpha value is -1.42. The first-order valence-corrected chi connectivity index (χ1v) is 4.31. The molecule has 3 nitrogen and oxygen atoms in total. The molecule has 0 amide bonds. The summed E-state index contributed by atoms with van der Waals surface area (Å²) in [6.45, 7) is 1.08. The van der Waals surface area contributed by atoms with Crippen molar-refractivity contribution in [3.8, 4) is 5.75 Å². The molecule has 0 fully saturated rings. The fourth-order valence-electron chi connectivity index (χ4n) is 1.00. The van der Waals surface area contributed by atoms with Crippen LogP contribution in [0.5, 0.6) is 5.75 Å². The second-order valence-corrected chi connectivity index (χ2v) is 2.72. The van der Waals surface area contributed by atoms with E-state index in [1.165, 1.54) is 13.2 Å². The van der Waals surface area contributed by atoms with Gasteiger partial charge in [0.25, 0.3) is 0 Å². The van der Waals surface area contributed by atoms with Crippen molar-refractivity contribution in [1.29, 1.82) is 0 Å². The van der Waals surface area contributed by atoms with E-state index in [-0.39, 0.29) is 11.6 Å². The fraction of sp³-hybridized carbons (Fsp3) is 0.300. The standard InChI is InChI=1S/C10H13FN2O/c1-14-10-6-8(2-3-9(10)11)7-13-5-4-12/h2-3,6-7H,4-5,12H2,1H3. The van der Waals surface area contributed by atoms with Gasteiger partial charge in [0, 0.05) is 12.8 Å². The van der Waals surface area contributed by atoms with Crippen LogP contribution in [0.4, 0.5) is 4.39 Å². The molecule has 0 radical (unpaired) electrons. The van der Waals surface area contributed by atoms with Crippen LogP contribution < -0.4 is 10.5 Å². The largest absolute Gasteiger partial charge is 0.494 e. The average molecular weight is 196 g/mol. The molecule has 14 heavy (non-hydrogen) atoms. The third kappa shape index (κ3) is 2.81. The minimum atomic E-state index is -0.372. The average Bonchev–Trinajstić information content (AvgIpc) is 2.21. The molecule has 1 aromatic carbocycles. The van der Waals surface area contributed by atoms with Crippen LogP contribution in [0.3, 0.4) is 0 Å². The van der Waals surface area contributed by atoms with Crippen LogP contribution in [0, 0.1) is 5.82 Å². The van der Waals surface area contributed by atoms with Crippen molar-refractivity contribution in [2.45, 2.75) is 0 Å². The number of benzene rings is 1. The van der Waals surface area contributed by atoms with E-state index in [9.17, 15) is 4.39 Å². The van der Waals surface area contributed by atoms with Crippen LogP contribution in [0.15, 0.2) is 23.2 Å². The predicted molar refractivity (Wildman–Crippen MR) is 54.5 cm³/mol. The van der Waals surface area contributed by atoms with Crippen molar-refractivity contribution in [3.05, 3.63) is 29.6 Å². The molecule has 4 heteroatoms. The summed E-state index contributed by atoms with van der Waals surface area (Å²) in [6, 6.07) is 4.58. The van der Waals surface area contributed by atoms with Gasteiger partial charge in [-0.05, 0) is 17.7 Å². The van der Waals surface area contributed by atoms with Crippen molar-refractivity contribution in [2.75, 3.05) is 20.2 Å². The van der Waals surface area contributed by atoms with Crippen molar-refractivity contribution < 1.29 is 9.13 Å². The van der Waals surface area contributed by atoms with Gasteiger partial charge >= 0.3 is 0 Å². The number of aliphatic imine (C=N–C) groups is 1. The predicted octanol–water partition coefficient (Wildman–Crippen LogP) is 1.21. The lowest BCUT2D eigenvalue weighted by Gasteiger charge is -2.01. The fourth-order valence-corrected chi connectivity index (χ4v) is 1.00.